The maximum Gasteiger partial charge on any atom is 0.0543 e. The first-order chi connectivity index (χ1) is 13.3. The van der Waals surface area contributed by atoms with Crippen LogP contribution in [0.3, 0.4) is 0 Å². The maximum atomic E-state index is 10.2. The molecule has 1 heteroatoms. The Labute approximate surface area is 174 Å². The van der Waals surface area contributed by atoms with Crippen molar-refractivity contribution in [2.45, 2.75) is 111 Å². The van der Waals surface area contributed by atoms with Crippen LogP contribution in [-0.4, -0.2) is 11.2 Å². The first-order valence-corrected chi connectivity index (χ1v) is 12.6. The van der Waals surface area contributed by atoms with Gasteiger partial charge in [0.05, 0.1) is 6.10 Å². The highest BCUT2D eigenvalue weighted by Gasteiger charge is 2.60. The van der Waals surface area contributed by atoms with E-state index in [-0.39, 0.29) is 6.10 Å². The molecule has 0 aromatic carbocycles. The molecule has 28 heavy (non-hydrogen) atoms. The van der Waals surface area contributed by atoms with E-state index in [9.17, 15) is 5.11 Å². The van der Waals surface area contributed by atoms with E-state index in [0.29, 0.717) is 10.8 Å². The minimum atomic E-state index is -0.0144. The van der Waals surface area contributed by atoms with Crippen molar-refractivity contribution in [1.29, 1.82) is 0 Å². The van der Waals surface area contributed by atoms with Crippen LogP contribution in [-0.2, 0) is 0 Å². The third kappa shape index (κ3) is 3.42. The molecule has 0 heterocycles. The van der Waals surface area contributed by atoms with E-state index >= 15 is 0 Å². The van der Waals surface area contributed by atoms with Crippen molar-refractivity contribution in [3.63, 3.8) is 0 Å². The van der Waals surface area contributed by atoms with E-state index in [0.717, 1.165) is 48.3 Å². The molecule has 4 aliphatic carbocycles. The zero-order valence-corrected chi connectivity index (χ0v) is 19.2. The SMILES string of the molecule is C=C(C)CCC[C@@H](C)[C@H]1CC[C@H]2[C@@H]3CCC4CC(O)CC[C@]4(C)[C@H]3CC[C@]12C. The summed E-state index contributed by atoms with van der Waals surface area (Å²) in [6, 6.07) is 0. The van der Waals surface area contributed by atoms with Crippen molar-refractivity contribution in [2.75, 3.05) is 0 Å². The number of aliphatic hydroxyl groups is 1. The second kappa shape index (κ2) is 7.75. The lowest BCUT2D eigenvalue weighted by molar-refractivity contribution is -0.129. The van der Waals surface area contributed by atoms with Gasteiger partial charge >= 0.3 is 0 Å². The first kappa shape index (κ1) is 21.0. The lowest BCUT2D eigenvalue weighted by Gasteiger charge is -2.61. The summed E-state index contributed by atoms with van der Waals surface area (Å²) in [5.74, 6) is 5.51. The molecule has 4 aliphatic rings. The summed E-state index contributed by atoms with van der Waals surface area (Å²) in [5.41, 5.74) is 2.47. The second-order valence-electron chi connectivity index (χ2n) is 12.1. The predicted octanol–water partition coefficient (Wildman–Crippen LogP) is 7.39. The van der Waals surface area contributed by atoms with E-state index in [2.05, 4.69) is 34.3 Å². The Bertz CT molecular complexity index is 581. The summed E-state index contributed by atoms with van der Waals surface area (Å²) in [6.45, 7) is 14.2. The van der Waals surface area contributed by atoms with Crippen LogP contribution < -0.4 is 0 Å². The average molecular weight is 387 g/mol. The Hall–Kier alpha value is -0.300. The fourth-order valence-electron chi connectivity index (χ4n) is 9.14. The molecule has 1 nitrogen and oxygen atoms in total. The Morgan fingerprint density at radius 3 is 2.46 bits per heavy atom. The molecule has 0 spiro atoms. The van der Waals surface area contributed by atoms with Gasteiger partial charge in [0.25, 0.3) is 0 Å². The lowest BCUT2D eigenvalue weighted by atomic mass is 9.44. The molecule has 0 bridgehead atoms. The van der Waals surface area contributed by atoms with Crippen molar-refractivity contribution in [1.82, 2.24) is 0 Å². The monoisotopic (exact) mass is 386 g/mol. The molecule has 9 atom stereocenters. The van der Waals surface area contributed by atoms with Gasteiger partial charge in [-0.15, -0.1) is 6.58 Å². The number of rotatable bonds is 5. The number of hydrogen-bond acceptors (Lipinski definition) is 1. The summed E-state index contributed by atoms with van der Waals surface area (Å²) in [7, 11) is 0. The van der Waals surface area contributed by atoms with E-state index in [1.165, 1.54) is 69.8 Å². The van der Waals surface area contributed by atoms with Gasteiger partial charge in [-0.25, -0.2) is 0 Å². The van der Waals surface area contributed by atoms with Crippen LogP contribution in [0.5, 0.6) is 0 Å². The van der Waals surface area contributed by atoms with Crippen LogP contribution in [0.1, 0.15) is 105 Å². The third-order valence-electron chi connectivity index (χ3n) is 10.7. The maximum absolute atomic E-state index is 10.2. The summed E-state index contributed by atoms with van der Waals surface area (Å²) in [4.78, 5) is 0. The van der Waals surface area contributed by atoms with Gasteiger partial charge in [0, 0.05) is 0 Å². The van der Waals surface area contributed by atoms with Gasteiger partial charge in [0.15, 0.2) is 0 Å². The van der Waals surface area contributed by atoms with Gasteiger partial charge in [0.1, 0.15) is 0 Å². The van der Waals surface area contributed by atoms with Crippen molar-refractivity contribution >= 4 is 0 Å². The molecule has 4 saturated carbocycles. The van der Waals surface area contributed by atoms with E-state index in [4.69, 9.17) is 0 Å². The van der Waals surface area contributed by atoms with Crippen molar-refractivity contribution in [2.24, 2.45) is 46.3 Å². The number of fused-ring (bicyclic) bond motifs is 5. The molecule has 1 N–H and O–H groups in total. The fraction of sp³-hybridized carbons (Fsp3) is 0.926. The molecule has 4 fully saturated rings. The Kier molecular flexibility index (Phi) is 5.80. The number of hydrogen-bond donors (Lipinski definition) is 1. The Morgan fingerprint density at radius 2 is 1.71 bits per heavy atom. The minimum absolute atomic E-state index is 0.0144. The van der Waals surface area contributed by atoms with Gasteiger partial charge in [0.2, 0.25) is 0 Å². The summed E-state index contributed by atoms with van der Waals surface area (Å²) in [6.07, 6.45) is 16.1. The molecule has 0 radical (unpaired) electrons. The van der Waals surface area contributed by atoms with Crippen molar-refractivity contribution in [3.05, 3.63) is 12.2 Å². The summed E-state index contributed by atoms with van der Waals surface area (Å²) >= 11 is 0. The predicted molar refractivity (Wildman–Crippen MR) is 119 cm³/mol. The molecule has 0 aromatic heterocycles. The highest BCUT2D eigenvalue weighted by Crippen LogP contribution is 2.68. The standard InChI is InChI=1S/C27H46O/c1-18(2)7-6-8-19(3)23-11-12-24-22-10-9-20-17-21(28)13-15-26(20,4)25(22)14-16-27(23,24)5/h19-25,28H,1,6-17H2,2-5H3/t19-,20?,21?,22+,23-,24+,25+,26+,27-/m1/s1. The topological polar surface area (TPSA) is 20.2 Å². The highest BCUT2D eigenvalue weighted by atomic mass is 16.3. The Morgan fingerprint density at radius 1 is 1.00 bits per heavy atom. The molecule has 0 aromatic rings. The first-order valence-electron chi connectivity index (χ1n) is 12.6. The molecule has 0 saturated heterocycles. The van der Waals surface area contributed by atoms with Crippen LogP contribution in [0.25, 0.3) is 0 Å². The van der Waals surface area contributed by atoms with Crippen LogP contribution in [0.4, 0.5) is 0 Å². The molecule has 0 amide bonds. The van der Waals surface area contributed by atoms with Crippen molar-refractivity contribution in [3.8, 4) is 0 Å². The van der Waals surface area contributed by atoms with Gasteiger partial charge in [-0.05, 0) is 124 Å². The summed E-state index contributed by atoms with van der Waals surface area (Å²) < 4.78 is 0. The smallest absolute Gasteiger partial charge is 0.0543 e. The lowest BCUT2D eigenvalue weighted by Crippen LogP contribution is -2.54. The molecule has 160 valence electrons. The molecule has 2 unspecified atom stereocenters. The third-order valence-corrected chi connectivity index (χ3v) is 10.7. The van der Waals surface area contributed by atoms with Crippen LogP contribution in [0.15, 0.2) is 12.2 Å². The van der Waals surface area contributed by atoms with Crippen molar-refractivity contribution < 1.29 is 5.11 Å². The number of allylic oxidation sites excluding steroid dienone is 1. The fourth-order valence-corrected chi connectivity index (χ4v) is 9.14. The molecular weight excluding hydrogens is 340 g/mol. The average Bonchev–Trinajstić information content (AvgIpc) is 2.99. The Balaban J connectivity index is 1.47. The second-order valence-corrected chi connectivity index (χ2v) is 12.1. The normalized spacial score (nSPS) is 49.0. The number of aliphatic hydroxyl groups excluding tert-OH is 1. The van der Waals surface area contributed by atoms with Gasteiger partial charge in [-0.2, -0.15) is 0 Å². The molecule has 0 aliphatic heterocycles. The molecule has 4 rings (SSSR count). The van der Waals surface area contributed by atoms with Crippen LogP contribution in [0, 0.1) is 46.3 Å². The molecular formula is C27H46O. The van der Waals surface area contributed by atoms with Gasteiger partial charge in [-0.1, -0.05) is 32.8 Å². The zero-order chi connectivity index (χ0) is 20.1. The minimum Gasteiger partial charge on any atom is -0.393 e. The van der Waals surface area contributed by atoms with Gasteiger partial charge in [-0.3, -0.25) is 0 Å². The zero-order valence-electron chi connectivity index (χ0n) is 19.2. The van der Waals surface area contributed by atoms with Crippen LogP contribution >= 0.6 is 0 Å². The quantitative estimate of drug-likeness (QED) is 0.488. The highest BCUT2D eigenvalue weighted by molar-refractivity contribution is 5.09. The summed E-state index contributed by atoms with van der Waals surface area (Å²) in [5, 5.41) is 10.2. The van der Waals surface area contributed by atoms with Gasteiger partial charge < -0.3 is 5.11 Å². The van der Waals surface area contributed by atoms with E-state index < -0.39 is 0 Å². The van der Waals surface area contributed by atoms with E-state index in [1.54, 1.807) is 0 Å². The largest absolute Gasteiger partial charge is 0.393 e. The van der Waals surface area contributed by atoms with E-state index in [1.807, 2.05) is 0 Å². The van der Waals surface area contributed by atoms with Crippen LogP contribution in [0.2, 0.25) is 0 Å².